The predicted octanol–water partition coefficient (Wildman–Crippen LogP) is 3.71. The van der Waals surface area contributed by atoms with Gasteiger partial charge in [-0.3, -0.25) is 4.98 Å². The summed E-state index contributed by atoms with van der Waals surface area (Å²) < 4.78 is 0. The van der Waals surface area contributed by atoms with E-state index in [9.17, 15) is 0 Å². The van der Waals surface area contributed by atoms with Gasteiger partial charge in [-0.2, -0.15) is 0 Å². The van der Waals surface area contributed by atoms with Gasteiger partial charge in [0.25, 0.3) is 0 Å². The van der Waals surface area contributed by atoms with E-state index in [1.165, 1.54) is 5.56 Å². The minimum absolute atomic E-state index is 0.289. The van der Waals surface area contributed by atoms with E-state index in [1.54, 1.807) is 0 Å². The fourth-order valence-electron chi connectivity index (χ4n) is 2.84. The number of aromatic nitrogens is 3. The van der Waals surface area contributed by atoms with E-state index < -0.39 is 0 Å². The lowest BCUT2D eigenvalue weighted by atomic mass is 9.97. The van der Waals surface area contributed by atoms with Gasteiger partial charge in [0.15, 0.2) is 0 Å². The first-order valence-electron chi connectivity index (χ1n) is 7.77. The first-order chi connectivity index (χ1) is 10.7. The van der Waals surface area contributed by atoms with Crippen LogP contribution in [-0.4, -0.2) is 21.5 Å². The second-order valence-electron chi connectivity index (χ2n) is 6.15. The zero-order valence-corrected chi connectivity index (χ0v) is 13.1. The molecule has 0 amide bonds. The Morgan fingerprint density at radius 1 is 1.09 bits per heavy atom. The van der Waals surface area contributed by atoms with E-state index in [-0.39, 0.29) is 5.92 Å². The maximum atomic E-state index is 5.93. The van der Waals surface area contributed by atoms with Gasteiger partial charge in [-0.15, -0.1) is 0 Å². The summed E-state index contributed by atoms with van der Waals surface area (Å²) in [7, 11) is 0. The van der Waals surface area contributed by atoms with Gasteiger partial charge in [0.1, 0.15) is 5.82 Å². The van der Waals surface area contributed by atoms with Crippen molar-refractivity contribution in [3.63, 3.8) is 0 Å². The smallest absolute Gasteiger partial charge is 0.111 e. The van der Waals surface area contributed by atoms with E-state index >= 15 is 0 Å². The first kappa shape index (κ1) is 14.7. The normalized spacial score (nSPS) is 12.9. The van der Waals surface area contributed by atoms with Crippen molar-refractivity contribution in [2.24, 2.45) is 11.7 Å². The summed E-state index contributed by atoms with van der Waals surface area (Å²) >= 11 is 0. The summed E-state index contributed by atoms with van der Waals surface area (Å²) in [5.41, 5.74) is 10.3. The Morgan fingerprint density at radius 3 is 2.55 bits per heavy atom. The molecule has 4 heteroatoms. The highest BCUT2D eigenvalue weighted by molar-refractivity contribution is 5.82. The molecule has 0 aliphatic carbocycles. The van der Waals surface area contributed by atoms with Gasteiger partial charge in [0, 0.05) is 24.9 Å². The van der Waals surface area contributed by atoms with Gasteiger partial charge in [-0.25, -0.2) is 4.98 Å². The van der Waals surface area contributed by atoms with E-state index in [0.29, 0.717) is 12.5 Å². The summed E-state index contributed by atoms with van der Waals surface area (Å²) in [6, 6.07) is 10.3. The first-order valence-corrected chi connectivity index (χ1v) is 7.77. The van der Waals surface area contributed by atoms with Gasteiger partial charge >= 0.3 is 0 Å². The molecule has 4 nitrogen and oxygen atoms in total. The third-order valence-electron chi connectivity index (χ3n) is 3.94. The number of benzene rings is 1. The lowest BCUT2D eigenvalue weighted by molar-refractivity contribution is 0.491. The van der Waals surface area contributed by atoms with Gasteiger partial charge < -0.3 is 10.7 Å². The summed E-state index contributed by atoms with van der Waals surface area (Å²) in [6.07, 6.45) is 4.67. The highest BCUT2D eigenvalue weighted by Crippen LogP contribution is 2.26. The van der Waals surface area contributed by atoms with Crippen molar-refractivity contribution in [1.82, 2.24) is 15.0 Å². The van der Waals surface area contributed by atoms with E-state index in [4.69, 9.17) is 10.7 Å². The molecule has 3 aromatic rings. The van der Waals surface area contributed by atoms with Crippen LogP contribution in [0.5, 0.6) is 0 Å². The van der Waals surface area contributed by atoms with Crippen LogP contribution >= 0.6 is 0 Å². The number of fused-ring (bicyclic) bond motifs is 1. The van der Waals surface area contributed by atoms with Crippen LogP contribution in [0.4, 0.5) is 0 Å². The fraction of sp³-hybridized carbons (Fsp3) is 0.333. The maximum Gasteiger partial charge on any atom is 0.111 e. The van der Waals surface area contributed by atoms with E-state index in [2.05, 4.69) is 42.0 Å². The number of nitrogens with two attached hydrogens (primary N) is 1. The second-order valence-corrected chi connectivity index (χ2v) is 6.15. The quantitative estimate of drug-likeness (QED) is 0.753. The highest BCUT2D eigenvalue weighted by Gasteiger charge is 2.16. The Morgan fingerprint density at radius 2 is 1.86 bits per heavy atom. The molecule has 3 N–H and O–H groups in total. The van der Waals surface area contributed by atoms with Crippen LogP contribution in [0.3, 0.4) is 0 Å². The van der Waals surface area contributed by atoms with E-state index in [1.807, 2.05) is 24.5 Å². The Balaban J connectivity index is 1.96. The van der Waals surface area contributed by atoms with E-state index in [0.717, 1.165) is 28.8 Å². The number of H-pyrrole nitrogens is 1. The van der Waals surface area contributed by atoms with Crippen LogP contribution in [0.25, 0.3) is 22.2 Å². The molecule has 114 valence electrons. The molecule has 0 bridgehead atoms. The lowest BCUT2D eigenvalue weighted by Crippen LogP contribution is -2.15. The molecule has 0 spiro atoms. The van der Waals surface area contributed by atoms with Gasteiger partial charge in [-0.05, 0) is 47.7 Å². The summed E-state index contributed by atoms with van der Waals surface area (Å²) in [5, 5.41) is 0. The predicted molar refractivity (Wildman–Crippen MR) is 90.6 cm³/mol. The topological polar surface area (TPSA) is 67.6 Å². The Hall–Kier alpha value is -2.20. The van der Waals surface area contributed by atoms with Crippen LogP contribution in [0, 0.1) is 5.92 Å². The summed E-state index contributed by atoms with van der Waals surface area (Å²) in [6.45, 7) is 5.05. The average molecular weight is 294 g/mol. The molecule has 1 unspecified atom stereocenters. The molecule has 0 saturated carbocycles. The molecule has 22 heavy (non-hydrogen) atoms. The van der Waals surface area contributed by atoms with Gasteiger partial charge in [0.05, 0.1) is 11.0 Å². The number of pyridine rings is 1. The number of aromatic amines is 1. The molecule has 0 radical (unpaired) electrons. The molecule has 0 saturated heterocycles. The molecule has 2 heterocycles. The SMILES string of the molecule is CC(C)CC(CN)c1nc2ccc(-c3ccncc3)cc2[nH]1. The van der Waals surface area contributed by atoms with Gasteiger partial charge in [-0.1, -0.05) is 19.9 Å². The minimum Gasteiger partial charge on any atom is -0.342 e. The van der Waals surface area contributed by atoms with Crippen molar-refractivity contribution >= 4 is 11.0 Å². The number of rotatable bonds is 5. The molecular weight excluding hydrogens is 272 g/mol. The molecule has 3 rings (SSSR count). The molecule has 0 aliphatic heterocycles. The number of imidazole rings is 1. The van der Waals surface area contributed by atoms with Crippen LogP contribution in [0.2, 0.25) is 0 Å². The Kier molecular flexibility index (Phi) is 4.20. The third kappa shape index (κ3) is 3.02. The fourth-order valence-corrected chi connectivity index (χ4v) is 2.84. The number of hydrogen-bond donors (Lipinski definition) is 2. The minimum atomic E-state index is 0.289. The Labute approximate surface area is 130 Å². The summed E-state index contributed by atoms with van der Waals surface area (Å²) in [5.74, 6) is 1.89. The summed E-state index contributed by atoms with van der Waals surface area (Å²) in [4.78, 5) is 12.2. The van der Waals surface area contributed by atoms with Crippen molar-refractivity contribution in [3.8, 4) is 11.1 Å². The van der Waals surface area contributed by atoms with Crippen molar-refractivity contribution in [1.29, 1.82) is 0 Å². The standard InChI is InChI=1S/C18H22N4/c1-12(2)9-15(11-19)18-21-16-4-3-14(10-17(16)22-18)13-5-7-20-8-6-13/h3-8,10,12,15H,9,11,19H2,1-2H3,(H,21,22). The zero-order valence-electron chi connectivity index (χ0n) is 13.1. The van der Waals surface area contributed by atoms with Crippen molar-refractivity contribution < 1.29 is 0 Å². The van der Waals surface area contributed by atoms with Crippen molar-refractivity contribution in [2.45, 2.75) is 26.2 Å². The largest absolute Gasteiger partial charge is 0.342 e. The molecule has 0 aliphatic rings. The second kappa shape index (κ2) is 6.28. The molecule has 1 aromatic carbocycles. The van der Waals surface area contributed by atoms with Crippen LogP contribution in [0.1, 0.15) is 32.0 Å². The van der Waals surface area contributed by atoms with Crippen LogP contribution in [-0.2, 0) is 0 Å². The number of nitrogens with zero attached hydrogens (tertiary/aromatic N) is 2. The average Bonchev–Trinajstić information content (AvgIpc) is 2.96. The van der Waals surface area contributed by atoms with Crippen LogP contribution < -0.4 is 5.73 Å². The zero-order chi connectivity index (χ0) is 15.5. The number of hydrogen-bond acceptors (Lipinski definition) is 3. The molecule has 1 atom stereocenters. The lowest BCUT2D eigenvalue weighted by Gasteiger charge is -2.14. The monoisotopic (exact) mass is 294 g/mol. The van der Waals surface area contributed by atoms with Gasteiger partial charge in [0.2, 0.25) is 0 Å². The Bertz CT molecular complexity index is 746. The third-order valence-corrected chi connectivity index (χ3v) is 3.94. The van der Waals surface area contributed by atoms with Crippen molar-refractivity contribution in [2.75, 3.05) is 6.54 Å². The van der Waals surface area contributed by atoms with Crippen LogP contribution in [0.15, 0.2) is 42.7 Å². The highest BCUT2D eigenvalue weighted by atomic mass is 14.9. The maximum absolute atomic E-state index is 5.93. The molecule has 0 fully saturated rings. The number of nitrogens with one attached hydrogen (secondary N) is 1. The van der Waals surface area contributed by atoms with Crippen molar-refractivity contribution in [3.05, 3.63) is 48.5 Å². The molecular formula is C18H22N4. The molecule has 2 aromatic heterocycles.